The van der Waals surface area contributed by atoms with Crippen LogP contribution in [0.3, 0.4) is 0 Å². The van der Waals surface area contributed by atoms with Crippen LogP contribution in [0.25, 0.3) is 0 Å². The molecule has 0 bridgehead atoms. The number of aromatic nitrogens is 2. The molecule has 1 aromatic heterocycles. The van der Waals surface area contributed by atoms with Crippen LogP contribution < -0.4 is 5.32 Å². The molecule has 0 spiro atoms. The molecule has 10 heteroatoms. The second-order valence-electron chi connectivity index (χ2n) is 3.51. The lowest BCUT2D eigenvalue weighted by Crippen LogP contribution is -2.34. The molecule has 1 N–H and O–H groups in total. The zero-order chi connectivity index (χ0) is 14.1. The molecule has 1 atom stereocenters. The molecular formula is C8H9F6N3O. The Balaban J connectivity index is 3.12. The molecule has 0 aliphatic rings. The number of rotatable bonds is 3. The molecule has 18 heavy (non-hydrogen) atoms. The van der Waals surface area contributed by atoms with Crippen LogP contribution in [0.5, 0.6) is 0 Å². The highest BCUT2D eigenvalue weighted by atomic mass is 19.4. The second kappa shape index (κ2) is 4.75. The Hall–Kier alpha value is -1.32. The molecule has 1 rings (SSSR count). The van der Waals surface area contributed by atoms with Gasteiger partial charge in [0, 0.05) is 0 Å². The van der Waals surface area contributed by atoms with E-state index < -0.39 is 30.2 Å². The summed E-state index contributed by atoms with van der Waals surface area (Å²) < 4.78 is 78.4. The Bertz CT molecular complexity index is 384. The normalized spacial score (nSPS) is 15.2. The van der Waals surface area contributed by atoms with Crippen LogP contribution in [0.15, 0.2) is 4.42 Å². The first-order chi connectivity index (χ1) is 8.07. The van der Waals surface area contributed by atoms with Crippen molar-refractivity contribution in [1.82, 2.24) is 15.5 Å². The van der Waals surface area contributed by atoms with Crippen LogP contribution in [0, 0.1) is 0 Å². The first-order valence-electron chi connectivity index (χ1n) is 4.71. The summed E-state index contributed by atoms with van der Waals surface area (Å²) >= 11 is 0. The predicted octanol–water partition coefficient (Wildman–Crippen LogP) is 2.56. The standard InChI is InChI=1S/C8H9F6N3O/c1-3(15-2)5-16-17-6(18-5)4(7(9,10)11)8(12,13)14/h3-4,15H,1-2H3. The van der Waals surface area contributed by atoms with Crippen molar-refractivity contribution in [1.29, 1.82) is 0 Å². The van der Waals surface area contributed by atoms with Crippen molar-refractivity contribution >= 4 is 0 Å². The van der Waals surface area contributed by atoms with Crippen LogP contribution >= 0.6 is 0 Å². The van der Waals surface area contributed by atoms with Gasteiger partial charge in [0.2, 0.25) is 17.7 Å². The first kappa shape index (κ1) is 14.7. The van der Waals surface area contributed by atoms with Gasteiger partial charge >= 0.3 is 12.4 Å². The van der Waals surface area contributed by atoms with Gasteiger partial charge in [-0.1, -0.05) is 0 Å². The third-order valence-electron chi connectivity index (χ3n) is 2.16. The zero-order valence-electron chi connectivity index (χ0n) is 9.23. The lowest BCUT2D eigenvalue weighted by atomic mass is 10.1. The number of nitrogens with one attached hydrogen (secondary N) is 1. The summed E-state index contributed by atoms with van der Waals surface area (Å²) in [5, 5.41) is 8.53. The minimum atomic E-state index is -5.54. The van der Waals surface area contributed by atoms with Crippen LogP contribution in [0.1, 0.15) is 30.7 Å². The summed E-state index contributed by atoms with van der Waals surface area (Å²) in [5.41, 5.74) is 0. The van der Waals surface area contributed by atoms with Crippen molar-refractivity contribution in [3.63, 3.8) is 0 Å². The van der Waals surface area contributed by atoms with E-state index in [1.165, 1.54) is 14.0 Å². The second-order valence-corrected chi connectivity index (χ2v) is 3.51. The lowest BCUT2D eigenvalue weighted by molar-refractivity contribution is -0.258. The van der Waals surface area contributed by atoms with Gasteiger partial charge in [-0.25, -0.2) is 0 Å². The molecule has 0 aromatic carbocycles. The number of nitrogens with zero attached hydrogens (tertiary/aromatic N) is 2. The highest BCUT2D eigenvalue weighted by Gasteiger charge is 2.60. The van der Waals surface area contributed by atoms with Crippen LogP contribution in [0.4, 0.5) is 26.3 Å². The summed E-state index contributed by atoms with van der Waals surface area (Å²) in [4.78, 5) is 0. The van der Waals surface area contributed by atoms with Gasteiger partial charge in [0.15, 0.2) is 0 Å². The Morgan fingerprint density at radius 1 is 1.00 bits per heavy atom. The average molecular weight is 277 g/mol. The van der Waals surface area contributed by atoms with Crippen molar-refractivity contribution in [2.45, 2.75) is 31.2 Å². The van der Waals surface area contributed by atoms with E-state index in [0.717, 1.165) is 0 Å². The number of hydrogen-bond acceptors (Lipinski definition) is 4. The Labute approximate surface area is 97.4 Å². The van der Waals surface area contributed by atoms with E-state index in [4.69, 9.17) is 0 Å². The summed E-state index contributed by atoms with van der Waals surface area (Å²) in [6.45, 7) is 1.45. The SMILES string of the molecule is CNC(C)c1nnc(C(C(F)(F)F)C(F)(F)F)o1. The third kappa shape index (κ3) is 3.12. The number of hydrogen-bond donors (Lipinski definition) is 1. The van der Waals surface area contributed by atoms with E-state index in [2.05, 4.69) is 19.9 Å². The van der Waals surface area contributed by atoms with Gasteiger partial charge in [0.25, 0.3) is 0 Å². The van der Waals surface area contributed by atoms with Gasteiger partial charge < -0.3 is 9.73 Å². The van der Waals surface area contributed by atoms with E-state index in [9.17, 15) is 26.3 Å². The van der Waals surface area contributed by atoms with Crippen molar-refractivity contribution in [2.24, 2.45) is 0 Å². The number of alkyl halides is 6. The molecule has 1 aromatic rings. The van der Waals surface area contributed by atoms with Crippen molar-refractivity contribution in [3.8, 4) is 0 Å². The summed E-state index contributed by atoms with van der Waals surface area (Å²) in [6.07, 6.45) is -11.1. The van der Waals surface area contributed by atoms with Gasteiger partial charge in [-0.3, -0.25) is 0 Å². The molecule has 0 saturated heterocycles. The van der Waals surface area contributed by atoms with E-state index in [0.29, 0.717) is 0 Å². The van der Waals surface area contributed by atoms with Crippen LogP contribution in [-0.4, -0.2) is 29.6 Å². The third-order valence-corrected chi connectivity index (χ3v) is 2.16. The molecule has 0 amide bonds. The Kier molecular flexibility index (Phi) is 3.89. The molecule has 0 saturated carbocycles. The Morgan fingerprint density at radius 3 is 1.83 bits per heavy atom. The molecule has 0 aliphatic carbocycles. The zero-order valence-corrected chi connectivity index (χ0v) is 9.23. The smallest absolute Gasteiger partial charge is 0.409 e. The van der Waals surface area contributed by atoms with Gasteiger partial charge in [0.05, 0.1) is 6.04 Å². The molecule has 0 fully saturated rings. The highest BCUT2D eigenvalue weighted by Crippen LogP contribution is 2.45. The van der Waals surface area contributed by atoms with E-state index in [-0.39, 0.29) is 5.89 Å². The number of halogens is 6. The average Bonchev–Trinajstić information content (AvgIpc) is 2.60. The molecule has 0 aliphatic heterocycles. The minimum absolute atomic E-state index is 0.342. The fourth-order valence-electron chi connectivity index (χ4n) is 1.13. The molecule has 1 unspecified atom stereocenters. The molecular weight excluding hydrogens is 268 g/mol. The maximum atomic E-state index is 12.3. The monoisotopic (exact) mass is 277 g/mol. The fourth-order valence-corrected chi connectivity index (χ4v) is 1.13. The summed E-state index contributed by atoms with van der Waals surface area (Å²) in [5.74, 6) is -5.62. The molecule has 104 valence electrons. The van der Waals surface area contributed by atoms with Crippen molar-refractivity contribution in [2.75, 3.05) is 7.05 Å². The van der Waals surface area contributed by atoms with Crippen LogP contribution in [-0.2, 0) is 0 Å². The summed E-state index contributed by atoms with van der Waals surface area (Å²) in [6, 6.07) is -0.645. The van der Waals surface area contributed by atoms with Gasteiger partial charge in [-0.05, 0) is 14.0 Å². The van der Waals surface area contributed by atoms with E-state index in [1.54, 1.807) is 0 Å². The molecule has 1 heterocycles. The largest absolute Gasteiger partial charge is 0.423 e. The van der Waals surface area contributed by atoms with Gasteiger partial charge in [-0.15, -0.1) is 10.2 Å². The van der Waals surface area contributed by atoms with Crippen LogP contribution in [0.2, 0.25) is 0 Å². The highest BCUT2D eigenvalue weighted by molar-refractivity contribution is 5.01. The lowest BCUT2D eigenvalue weighted by Gasteiger charge is -2.19. The maximum Gasteiger partial charge on any atom is 0.409 e. The van der Waals surface area contributed by atoms with Crippen molar-refractivity contribution in [3.05, 3.63) is 11.8 Å². The van der Waals surface area contributed by atoms with Gasteiger partial charge in [-0.2, -0.15) is 26.3 Å². The molecule has 0 radical (unpaired) electrons. The van der Waals surface area contributed by atoms with E-state index >= 15 is 0 Å². The van der Waals surface area contributed by atoms with Crippen molar-refractivity contribution < 1.29 is 30.8 Å². The maximum absolute atomic E-state index is 12.3. The molecule has 4 nitrogen and oxygen atoms in total. The quantitative estimate of drug-likeness (QED) is 0.863. The summed E-state index contributed by atoms with van der Waals surface area (Å²) in [7, 11) is 1.44. The first-order valence-corrected chi connectivity index (χ1v) is 4.71. The predicted molar refractivity (Wildman–Crippen MR) is 46.6 cm³/mol. The van der Waals surface area contributed by atoms with E-state index in [1.807, 2.05) is 0 Å². The Morgan fingerprint density at radius 2 is 1.44 bits per heavy atom. The van der Waals surface area contributed by atoms with Gasteiger partial charge in [0.1, 0.15) is 0 Å². The topological polar surface area (TPSA) is 51.0 Å². The minimum Gasteiger partial charge on any atom is -0.423 e. The fraction of sp³-hybridized carbons (Fsp3) is 0.750.